The average molecular weight is 385 g/mol. The molecule has 0 fully saturated rings. The molecule has 0 bridgehead atoms. The molecule has 24 heavy (non-hydrogen) atoms. The van der Waals surface area contributed by atoms with Crippen molar-refractivity contribution in [1.29, 1.82) is 5.26 Å². The Morgan fingerprint density at radius 3 is 2.62 bits per heavy atom. The number of carbonyl (C=O) groups excluding carboxylic acids is 1. The standard InChI is InChI=1S/C16H13BrN6O/c1-10-13(17)14(21-22(10)2)16(24)20-15-11(8-18)9-19-23(15)12-6-4-3-5-7-12/h3-7,9H,1-2H3,(H,20,24). The maximum Gasteiger partial charge on any atom is 0.278 e. The number of aryl methyl sites for hydroxylation is 1. The molecule has 1 aromatic carbocycles. The topological polar surface area (TPSA) is 88.5 Å². The third-order valence-corrected chi connectivity index (χ3v) is 4.55. The highest BCUT2D eigenvalue weighted by Crippen LogP contribution is 2.24. The molecule has 2 aromatic heterocycles. The Morgan fingerprint density at radius 1 is 1.33 bits per heavy atom. The number of nitrogens with zero attached hydrogens (tertiary/aromatic N) is 5. The number of anilines is 1. The Bertz CT molecular complexity index is 951. The van der Waals surface area contributed by atoms with Crippen molar-refractivity contribution in [3.63, 3.8) is 0 Å². The molecule has 3 aromatic rings. The highest BCUT2D eigenvalue weighted by molar-refractivity contribution is 9.10. The van der Waals surface area contributed by atoms with Gasteiger partial charge >= 0.3 is 0 Å². The second-order valence-corrected chi connectivity index (χ2v) is 5.88. The normalized spacial score (nSPS) is 10.4. The highest BCUT2D eigenvalue weighted by Gasteiger charge is 2.21. The molecule has 0 saturated carbocycles. The Kier molecular flexibility index (Phi) is 4.18. The van der Waals surface area contributed by atoms with Crippen LogP contribution in [0.1, 0.15) is 21.7 Å². The van der Waals surface area contributed by atoms with E-state index in [9.17, 15) is 10.1 Å². The average Bonchev–Trinajstić information content (AvgIpc) is 3.11. The van der Waals surface area contributed by atoms with Crippen LogP contribution in [0.5, 0.6) is 0 Å². The molecule has 7 nitrogen and oxygen atoms in total. The van der Waals surface area contributed by atoms with Gasteiger partial charge in [0.05, 0.1) is 22.1 Å². The van der Waals surface area contributed by atoms with Gasteiger partial charge in [-0.25, -0.2) is 4.68 Å². The van der Waals surface area contributed by atoms with E-state index in [4.69, 9.17) is 0 Å². The van der Waals surface area contributed by atoms with Gasteiger partial charge in [0.15, 0.2) is 11.5 Å². The summed E-state index contributed by atoms with van der Waals surface area (Å²) in [7, 11) is 1.76. The van der Waals surface area contributed by atoms with Crippen LogP contribution in [0, 0.1) is 18.3 Å². The molecule has 0 unspecified atom stereocenters. The fourth-order valence-corrected chi connectivity index (χ4v) is 2.73. The van der Waals surface area contributed by atoms with Gasteiger partial charge in [-0.1, -0.05) is 18.2 Å². The zero-order valence-electron chi connectivity index (χ0n) is 13.0. The Morgan fingerprint density at radius 2 is 2.04 bits per heavy atom. The maximum absolute atomic E-state index is 12.6. The maximum atomic E-state index is 12.6. The van der Waals surface area contributed by atoms with Gasteiger partial charge in [0.25, 0.3) is 5.91 Å². The van der Waals surface area contributed by atoms with E-state index >= 15 is 0 Å². The van der Waals surface area contributed by atoms with E-state index in [1.54, 1.807) is 11.7 Å². The van der Waals surface area contributed by atoms with Gasteiger partial charge in [0.2, 0.25) is 0 Å². The number of para-hydroxylation sites is 1. The predicted molar refractivity (Wildman–Crippen MR) is 91.9 cm³/mol. The summed E-state index contributed by atoms with van der Waals surface area (Å²) in [5, 5.41) is 20.4. The monoisotopic (exact) mass is 384 g/mol. The van der Waals surface area contributed by atoms with Crippen molar-refractivity contribution in [2.45, 2.75) is 6.92 Å². The Balaban J connectivity index is 2.01. The van der Waals surface area contributed by atoms with Crippen LogP contribution >= 0.6 is 15.9 Å². The second-order valence-electron chi connectivity index (χ2n) is 5.09. The summed E-state index contributed by atoms with van der Waals surface area (Å²) >= 11 is 3.37. The number of hydrogen-bond donors (Lipinski definition) is 1. The van der Waals surface area contributed by atoms with Crippen LogP contribution in [0.3, 0.4) is 0 Å². The zero-order valence-corrected chi connectivity index (χ0v) is 14.6. The first-order valence-corrected chi connectivity index (χ1v) is 7.86. The van der Waals surface area contributed by atoms with Crippen LogP contribution in [0.15, 0.2) is 41.0 Å². The fraction of sp³-hybridized carbons (Fsp3) is 0.125. The van der Waals surface area contributed by atoms with Gasteiger partial charge in [-0.05, 0) is 35.0 Å². The van der Waals surface area contributed by atoms with Crippen LogP contribution in [-0.2, 0) is 7.05 Å². The van der Waals surface area contributed by atoms with Crippen LogP contribution < -0.4 is 5.32 Å². The summed E-state index contributed by atoms with van der Waals surface area (Å²) in [5.41, 5.74) is 2.10. The lowest BCUT2D eigenvalue weighted by molar-refractivity contribution is 0.102. The first-order chi connectivity index (χ1) is 11.5. The van der Waals surface area contributed by atoms with E-state index in [0.717, 1.165) is 11.4 Å². The minimum Gasteiger partial charge on any atom is -0.304 e. The van der Waals surface area contributed by atoms with Gasteiger partial charge in [0.1, 0.15) is 11.6 Å². The van der Waals surface area contributed by atoms with Crippen LogP contribution in [0.4, 0.5) is 5.82 Å². The van der Waals surface area contributed by atoms with E-state index < -0.39 is 5.91 Å². The molecule has 0 aliphatic rings. The summed E-state index contributed by atoms with van der Waals surface area (Å²) in [6, 6.07) is 11.3. The quantitative estimate of drug-likeness (QED) is 0.751. The number of carbonyl (C=O) groups is 1. The minimum atomic E-state index is -0.417. The molecule has 1 amide bonds. The van der Waals surface area contributed by atoms with Crippen LogP contribution in [0.25, 0.3) is 5.69 Å². The molecule has 2 heterocycles. The highest BCUT2D eigenvalue weighted by atomic mass is 79.9. The number of hydrogen-bond acceptors (Lipinski definition) is 4. The van der Waals surface area contributed by atoms with Gasteiger partial charge in [-0.3, -0.25) is 9.48 Å². The van der Waals surface area contributed by atoms with Crippen molar-refractivity contribution >= 4 is 27.7 Å². The molecule has 120 valence electrons. The summed E-state index contributed by atoms with van der Waals surface area (Å²) in [4.78, 5) is 12.6. The van der Waals surface area contributed by atoms with Crippen molar-refractivity contribution in [2.75, 3.05) is 5.32 Å². The first kappa shape index (κ1) is 16.0. The lowest BCUT2D eigenvalue weighted by Gasteiger charge is -2.08. The van der Waals surface area contributed by atoms with E-state index in [1.165, 1.54) is 10.9 Å². The number of rotatable bonds is 3. The lowest BCUT2D eigenvalue weighted by atomic mass is 10.3. The summed E-state index contributed by atoms with van der Waals surface area (Å²) in [6.45, 7) is 1.85. The van der Waals surface area contributed by atoms with Gasteiger partial charge in [0, 0.05) is 7.05 Å². The molecule has 0 radical (unpaired) electrons. The molecular weight excluding hydrogens is 372 g/mol. The van der Waals surface area contributed by atoms with Crippen LogP contribution in [-0.4, -0.2) is 25.5 Å². The summed E-state index contributed by atoms with van der Waals surface area (Å²) in [5.74, 6) is -0.108. The van der Waals surface area contributed by atoms with Gasteiger partial charge in [-0.15, -0.1) is 0 Å². The number of nitrogens with one attached hydrogen (secondary N) is 1. The van der Waals surface area contributed by atoms with Crippen LogP contribution in [0.2, 0.25) is 0 Å². The van der Waals surface area contributed by atoms with E-state index in [-0.39, 0.29) is 11.3 Å². The number of aromatic nitrogens is 4. The SMILES string of the molecule is Cc1c(Br)c(C(=O)Nc2c(C#N)cnn2-c2ccccc2)nn1C. The minimum absolute atomic E-state index is 0.250. The predicted octanol–water partition coefficient (Wildman–Crippen LogP) is 2.80. The van der Waals surface area contributed by atoms with Crippen molar-refractivity contribution in [2.24, 2.45) is 7.05 Å². The van der Waals surface area contributed by atoms with Gasteiger partial charge < -0.3 is 5.32 Å². The number of halogens is 1. The van der Waals surface area contributed by atoms with E-state index in [1.807, 2.05) is 43.3 Å². The summed E-state index contributed by atoms with van der Waals surface area (Å²) in [6.07, 6.45) is 1.42. The number of nitriles is 1. The van der Waals surface area contributed by atoms with Crippen molar-refractivity contribution in [3.05, 3.63) is 58.0 Å². The molecule has 0 atom stereocenters. The second kappa shape index (κ2) is 6.29. The molecule has 0 spiro atoms. The first-order valence-electron chi connectivity index (χ1n) is 7.07. The van der Waals surface area contributed by atoms with Crippen molar-refractivity contribution in [3.8, 4) is 11.8 Å². The molecule has 0 aliphatic heterocycles. The van der Waals surface area contributed by atoms with Crippen molar-refractivity contribution < 1.29 is 4.79 Å². The number of benzene rings is 1. The molecule has 0 aliphatic carbocycles. The van der Waals surface area contributed by atoms with E-state index in [2.05, 4.69) is 31.4 Å². The summed E-state index contributed by atoms with van der Waals surface area (Å²) < 4.78 is 3.74. The molecule has 8 heteroatoms. The Labute approximate surface area is 146 Å². The zero-order chi connectivity index (χ0) is 17.3. The van der Waals surface area contributed by atoms with Gasteiger partial charge in [-0.2, -0.15) is 15.5 Å². The largest absolute Gasteiger partial charge is 0.304 e. The third-order valence-electron chi connectivity index (χ3n) is 3.60. The molecule has 0 saturated heterocycles. The number of amides is 1. The fourth-order valence-electron chi connectivity index (χ4n) is 2.21. The molecular formula is C16H13BrN6O. The molecule has 3 rings (SSSR count). The van der Waals surface area contributed by atoms with E-state index in [0.29, 0.717) is 10.3 Å². The molecule has 1 N–H and O–H groups in total. The third kappa shape index (κ3) is 2.70. The Hall–Kier alpha value is -2.92. The van der Waals surface area contributed by atoms with Crippen molar-refractivity contribution in [1.82, 2.24) is 19.6 Å². The lowest BCUT2D eigenvalue weighted by Crippen LogP contribution is -2.17. The smallest absolute Gasteiger partial charge is 0.278 e.